The monoisotopic (exact) mass is 385 g/mol. The first-order chi connectivity index (χ1) is 12.6. The lowest BCUT2D eigenvalue weighted by Crippen LogP contribution is -2.04. The number of amidine groups is 1. The number of alkyl halides is 6. The van der Waals surface area contributed by atoms with Gasteiger partial charge in [0.25, 0.3) is 5.84 Å². The van der Waals surface area contributed by atoms with Crippen LogP contribution in [0.15, 0.2) is 63.9 Å². The molecule has 0 radical (unpaired) electrons. The number of nitriles is 1. The Bertz CT molecular complexity index is 891. The Labute approximate surface area is 148 Å². The van der Waals surface area contributed by atoms with Gasteiger partial charge in [0.05, 0.1) is 22.5 Å². The van der Waals surface area contributed by atoms with Gasteiger partial charge in [0.15, 0.2) is 0 Å². The van der Waals surface area contributed by atoms with Crippen molar-refractivity contribution in [2.24, 2.45) is 15.3 Å². The Morgan fingerprint density at radius 1 is 0.889 bits per heavy atom. The van der Waals surface area contributed by atoms with Crippen LogP contribution in [-0.2, 0) is 12.4 Å². The summed E-state index contributed by atoms with van der Waals surface area (Å²) in [5.41, 5.74) is 0.511. The minimum absolute atomic E-state index is 0.144. The Hall–Kier alpha value is -3.42. The SMILES string of the molecule is N#CC(/N=N/c1cccc(C(F)(F)F)c1)=N\Nc1ccc(C(F)(F)F)cc1. The van der Waals surface area contributed by atoms with Crippen molar-refractivity contribution in [1.82, 2.24) is 0 Å². The van der Waals surface area contributed by atoms with Crippen LogP contribution in [0.25, 0.3) is 0 Å². The molecule has 0 aliphatic carbocycles. The molecular weight excluding hydrogens is 376 g/mol. The molecule has 27 heavy (non-hydrogen) atoms. The zero-order valence-electron chi connectivity index (χ0n) is 13.2. The molecule has 0 aromatic heterocycles. The fourth-order valence-corrected chi connectivity index (χ4v) is 1.77. The molecule has 11 heteroatoms. The summed E-state index contributed by atoms with van der Waals surface area (Å²) >= 11 is 0. The second-order valence-corrected chi connectivity index (χ2v) is 4.98. The van der Waals surface area contributed by atoms with Gasteiger partial charge in [0.1, 0.15) is 6.07 Å². The van der Waals surface area contributed by atoms with Crippen LogP contribution in [0.4, 0.5) is 37.7 Å². The van der Waals surface area contributed by atoms with E-state index < -0.39 is 29.3 Å². The highest BCUT2D eigenvalue weighted by Gasteiger charge is 2.30. The van der Waals surface area contributed by atoms with Gasteiger partial charge in [-0.3, -0.25) is 5.43 Å². The van der Waals surface area contributed by atoms with Crippen molar-refractivity contribution >= 4 is 17.2 Å². The summed E-state index contributed by atoms with van der Waals surface area (Å²) in [6.07, 6.45) is -9.04. The molecule has 2 aromatic rings. The van der Waals surface area contributed by atoms with E-state index in [-0.39, 0.29) is 11.4 Å². The summed E-state index contributed by atoms with van der Waals surface area (Å²) in [7, 11) is 0. The van der Waals surface area contributed by atoms with E-state index >= 15 is 0 Å². The number of hydrogen-bond acceptors (Lipinski definition) is 4. The van der Waals surface area contributed by atoms with Crippen LogP contribution in [0.1, 0.15) is 11.1 Å². The molecule has 0 saturated carbocycles. The smallest absolute Gasteiger partial charge is 0.276 e. The average molecular weight is 385 g/mol. The molecule has 0 aliphatic rings. The number of hydrazone groups is 1. The number of rotatable bonds is 3. The van der Waals surface area contributed by atoms with Crippen LogP contribution in [0.2, 0.25) is 0 Å². The largest absolute Gasteiger partial charge is 0.416 e. The van der Waals surface area contributed by atoms with E-state index in [9.17, 15) is 26.3 Å². The van der Waals surface area contributed by atoms with Crippen LogP contribution in [-0.4, -0.2) is 5.84 Å². The molecule has 0 unspecified atom stereocenters. The standard InChI is InChI=1S/C16H9F6N5/c17-15(18,19)10-4-6-12(7-5-10)24-26-14(9-23)27-25-13-3-1-2-11(8-13)16(20,21)22/h1-8,24H/b26-14+,27-25+. The highest BCUT2D eigenvalue weighted by atomic mass is 19.4. The van der Waals surface area contributed by atoms with E-state index in [1.165, 1.54) is 6.07 Å². The van der Waals surface area contributed by atoms with Gasteiger partial charge < -0.3 is 0 Å². The lowest BCUT2D eigenvalue weighted by atomic mass is 10.2. The van der Waals surface area contributed by atoms with Crippen molar-refractivity contribution < 1.29 is 26.3 Å². The molecule has 0 bridgehead atoms. The summed E-state index contributed by atoms with van der Waals surface area (Å²) in [5, 5.41) is 19.4. The summed E-state index contributed by atoms with van der Waals surface area (Å²) in [6.45, 7) is 0. The average Bonchev–Trinajstić information content (AvgIpc) is 2.61. The van der Waals surface area contributed by atoms with Crippen molar-refractivity contribution in [3.63, 3.8) is 0 Å². The van der Waals surface area contributed by atoms with Crippen LogP contribution < -0.4 is 5.43 Å². The Balaban J connectivity index is 2.11. The number of nitrogens with zero attached hydrogens (tertiary/aromatic N) is 4. The molecular formula is C16H9F6N5. The molecule has 140 valence electrons. The minimum Gasteiger partial charge on any atom is -0.276 e. The molecule has 0 saturated heterocycles. The fourth-order valence-electron chi connectivity index (χ4n) is 1.77. The highest BCUT2D eigenvalue weighted by molar-refractivity contribution is 5.97. The second-order valence-electron chi connectivity index (χ2n) is 4.98. The van der Waals surface area contributed by atoms with E-state index in [1.807, 2.05) is 0 Å². The van der Waals surface area contributed by atoms with Crippen molar-refractivity contribution in [2.75, 3.05) is 5.43 Å². The van der Waals surface area contributed by atoms with Crippen molar-refractivity contribution in [1.29, 1.82) is 5.26 Å². The van der Waals surface area contributed by atoms with Gasteiger partial charge in [0, 0.05) is 0 Å². The van der Waals surface area contributed by atoms with Gasteiger partial charge in [0.2, 0.25) is 0 Å². The number of halogens is 6. The summed E-state index contributed by atoms with van der Waals surface area (Å²) in [5.74, 6) is -0.535. The molecule has 0 amide bonds. The van der Waals surface area contributed by atoms with Gasteiger partial charge in [-0.15, -0.1) is 15.3 Å². The predicted octanol–water partition coefficient (Wildman–Crippen LogP) is 5.76. The van der Waals surface area contributed by atoms with Crippen LogP contribution in [0, 0.1) is 11.3 Å². The molecule has 0 fully saturated rings. The lowest BCUT2D eigenvalue weighted by Gasteiger charge is -2.07. The lowest BCUT2D eigenvalue weighted by molar-refractivity contribution is -0.138. The van der Waals surface area contributed by atoms with Crippen LogP contribution >= 0.6 is 0 Å². The van der Waals surface area contributed by atoms with Gasteiger partial charge >= 0.3 is 12.4 Å². The molecule has 5 nitrogen and oxygen atoms in total. The first-order valence-electron chi connectivity index (χ1n) is 7.09. The molecule has 0 heterocycles. The fraction of sp³-hybridized carbons (Fsp3) is 0.125. The van der Waals surface area contributed by atoms with E-state index in [4.69, 9.17) is 5.26 Å². The molecule has 1 N–H and O–H groups in total. The first kappa shape index (κ1) is 19.9. The van der Waals surface area contributed by atoms with Gasteiger partial charge in [-0.2, -0.15) is 31.6 Å². The van der Waals surface area contributed by atoms with Crippen LogP contribution in [0.3, 0.4) is 0 Å². The van der Waals surface area contributed by atoms with Gasteiger partial charge in [-0.05, 0) is 42.5 Å². The van der Waals surface area contributed by atoms with Crippen LogP contribution in [0.5, 0.6) is 0 Å². The Kier molecular flexibility index (Phi) is 5.79. The number of nitrogens with one attached hydrogen (secondary N) is 1. The third kappa shape index (κ3) is 5.81. The third-order valence-corrected chi connectivity index (χ3v) is 3.04. The third-order valence-electron chi connectivity index (χ3n) is 3.04. The minimum atomic E-state index is -4.55. The summed E-state index contributed by atoms with van der Waals surface area (Å²) < 4.78 is 75.2. The maximum atomic E-state index is 12.6. The molecule has 0 atom stereocenters. The van der Waals surface area contributed by atoms with E-state index in [2.05, 4.69) is 20.8 Å². The highest BCUT2D eigenvalue weighted by Crippen LogP contribution is 2.31. The number of benzene rings is 2. The topological polar surface area (TPSA) is 72.9 Å². The van der Waals surface area contributed by atoms with E-state index in [0.717, 1.165) is 42.5 Å². The van der Waals surface area contributed by atoms with Crippen molar-refractivity contribution in [2.45, 2.75) is 12.4 Å². The first-order valence-corrected chi connectivity index (χ1v) is 7.09. The summed E-state index contributed by atoms with van der Waals surface area (Å²) in [4.78, 5) is 0. The number of hydrogen-bond donors (Lipinski definition) is 1. The Morgan fingerprint density at radius 3 is 2.07 bits per heavy atom. The molecule has 2 aromatic carbocycles. The predicted molar refractivity (Wildman–Crippen MR) is 84.1 cm³/mol. The maximum absolute atomic E-state index is 12.6. The van der Waals surface area contributed by atoms with E-state index in [1.54, 1.807) is 6.07 Å². The number of anilines is 1. The number of azo groups is 1. The summed E-state index contributed by atoms with van der Waals surface area (Å²) in [6, 6.07) is 9.31. The van der Waals surface area contributed by atoms with Crippen molar-refractivity contribution in [3.8, 4) is 6.07 Å². The molecule has 2 rings (SSSR count). The molecule has 0 aliphatic heterocycles. The maximum Gasteiger partial charge on any atom is 0.416 e. The van der Waals surface area contributed by atoms with E-state index in [0.29, 0.717) is 0 Å². The molecule has 0 spiro atoms. The van der Waals surface area contributed by atoms with Gasteiger partial charge in [-0.1, -0.05) is 6.07 Å². The zero-order valence-corrected chi connectivity index (χ0v) is 13.2. The zero-order chi connectivity index (χ0) is 20.1. The normalized spacial score (nSPS) is 12.9. The van der Waals surface area contributed by atoms with Crippen molar-refractivity contribution in [3.05, 3.63) is 59.7 Å². The quantitative estimate of drug-likeness (QED) is 0.240. The van der Waals surface area contributed by atoms with Gasteiger partial charge in [-0.25, -0.2) is 0 Å². The Morgan fingerprint density at radius 2 is 1.52 bits per heavy atom. The second kappa shape index (κ2) is 7.86.